The summed E-state index contributed by atoms with van der Waals surface area (Å²) in [5, 5.41) is 0. The lowest BCUT2D eigenvalue weighted by molar-refractivity contribution is 0.0982. The van der Waals surface area contributed by atoms with Crippen LogP contribution in [-0.2, 0) is 0 Å². The van der Waals surface area contributed by atoms with Crippen molar-refractivity contribution in [2.24, 2.45) is 5.92 Å². The maximum Gasteiger partial charge on any atom is 0.270 e. The van der Waals surface area contributed by atoms with Gasteiger partial charge in [0, 0.05) is 32.5 Å². The van der Waals surface area contributed by atoms with Gasteiger partial charge in [-0.1, -0.05) is 25.1 Å². The average Bonchev–Trinajstić information content (AvgIpc) is 2.78. The van der Waals surface area contributed by atoms with Crippen LogP contribution >= 0.6 is 0 Å². The third-order valence-corrected chi connectivity index (χ3v) is 4.75. The Kier molecular flexibility index (Phi) is 3.95. The van der Waals surface area contributed by atoms with E-state index in [-0.39, 0.29) is 22.9 Å². The monoisotopic (exact) mass is 348 g/mol. The maximum absolute atomic E-state index is 13.3. The second-order valence-corrected chi connectivity index (χ2v) is 6.80. The van der Waals surface area contributed by atoms with E-state index in [1.807, 2.05) is 37.4 Å². The Labute approximate surface area is 151 Å². The number of amides is 1. The quantitative estimate of drug-likeness (QED) is 0.678. The summed E-state index contributed by atoms with van der Waals surface area (Å²) in [6.45, 7) is 3.50. The topological polar surface area (TPSA) is 57.9 Å². The summed E-state index contributed by atoms with van der Waals surface area (Å²) in [5.74, 6) is -0.0390. The van der Waals surface area contributed by atoms with Crippen LogP contribution in [0.2, 0.25) is 0 Å². The number of carbonyl (C=O) groups is 1. The van der Waals surface area contributed by atoms with Gasteiger partial charge in [0.15, 0.2) is 0 Å². The van der Waals surface area contributed by atoms with Gasteiger partial charge in [-0.05, 0) is 30.2 Å². The molecule has 6 heteroatoms. The van der Waals surface area contributed by atoms with Gasteiger partial charge in [0.1, 0.15) is 11.2 Å². The van der Waals surface area contributed by atoms with Gasteiger partial charge < -0.3 is 9.80 Å². The Bertz CT molecular complexity index is 1040. The second kappa shape index (κ2) is 6.29. The van der Waals surface area contributed by atoms with Crippen LogP contribution in [0.5, 0.6) is 0 Å². The minimum atomic E-state index is -0.344. The third kappa shape index (κ3) is 2.63. The number of hydrogen-bond acceptors (Lipinski definition) is 4. The molecule has 0 saturated carbocycles. The molecule has 1 aromatic carbocycles. The lowest BCUT2D eigenvalue weighted by Crippen LogP contribution is -2.38. The first-order valence-corrected chi connectivity index (χ1v) is 8.64. The number of pyridine rings is 1. The number of fused-ring (bicyclic) bond motifs is 2. The van der Waals surface area contributed by atoms with Crippen LogP contribution in [0.3, 0.4) is 0 Å². The van der Waals surface area contributed by atoms with Crippen molar-refractivity contribution in [3.63, 3.8) is 0 Å². The van der Waals surface area contributed by atoms with E-state index in [9.17, 15) is 9.59 Å². The third-order valence-electron chi connectivity index (χ3n) is 4.75. The highest BCUT2D eigenvalue weighted by Gasteiger charge is 2.29. The van der Waals surface area contributed by atoms with Gasteiger partial charge >= 0.3 is 0 Å². The molecule has 0 N–H and O–H groups in total. The van der Waals surface area contributed by atoms with Crippen LogP contribution in [0.25, 0.3) is 5.65 Å². The summed E-state index contributed by atoms with van der Waals surface area (Å²) in [5.41, 5.74) is 2.07. The summed E-state index contributed by atoms with van der Waals surface area (Å²) in [4.78, 5) is 34.2. The van der Waals surface area contributed by atoms with Crippen molar-refractivity contribution in [2.75, 3.05) is 29.9 Å². The standard InChI is InChI=1S/C20H20N4O2/c1-14-12-22(2)16-7-3-4-8-17(16)24(13-14)20(26)15-11-21-18-9-5-6-10-23(18)19(15)25/h3-11,14H,12-13H2,1-2H3/t14-/m0/s1. The molecule has 0 unspecified atom stereocenters. The molecule has 26 heavy (non-hydrogen) atoms. The smallest absolute Gasteiger partial charge is 0.270 e. The van der Waals surface area contributed by atoms with E-state index in [0.717, 1.165) is 17.9 Å². The van der Waals surface area contributed by atoms with Gasteiger partial charge in [-0.2, -0.15) is 0 Å². The van der Waals surface area contributed by atoms with E-state index >= 15 is 0 Å². The second-order valence-electron chi connectivity index (χ2n) is 6.80. The van der Waals surface area contributed by atoms with E-state index < -0.39 is 0 Å². The van der Waals surface area contributed by atoms with Gasteiger partial charge in [-0.15, -0.1) is 0 Å². The molecule has 0 aliphatic carbocycles. The predicted octanol–water partition coefficient (Wildman–Crippen LogP) is 2.43. The molecule has 3 heterocycles. The van der Waals surface area contributed by atoms with E-state index in [4.69, 9.17) is 0 Å². The fourth-order valence-electron chi connectivity index (χ4n) is 3.56. The summed E-state index contributed by atoms with van der Waals surface area (Å²) in [7, 11) is 2.02. The minimum Gasteiger partial charge on any atom is -0.373 e. The zero-order chi connectivity index (χ0) is 18.3. The lowest BCUT2D eigenvalue weighted by Gasteiger charge is -2.24. The van der Waals surface area contributed by atoms with Crippen molar-refractivity contribution in [3.05, 3.63) is 70.8 Å². The Morgan fingerprint density at radius 3 is 2.62 bits per heavy atom. The molecular weight excluding hydrogens is 328 g/mol. The van der Waals surface area contributed by atoms with Crippen LogP contribution in [-0.4, -0.2) is 35.4 Å². The zero-order valence-corrected chi connectivity index (χ0v) is 14.8. The molecule has 0 bridgehead atoms. The maximum atomic E-state index is 13.3. The number of aromatic nitrogens is 2. The normalized spacial score (nSPS) is 17.1. The van der Waals surface area contributed by atoms with E-state index in [1.54, 1.807) is 23.2 Å². The summed E-state index contributed by atoms with van der Waals surface area (Å²) in [6, 6.07) is 13.1. The first kappa shape index (κ1) is 16.3. The highest BCUT2D eigenvalue weighted by Crippen LogP contribution is 2.33. The SMILES string of the molecule is C[C@H]1CN(C)c2ccccc2N(C(=O)c2cnc3ccccn3c2=O)C1. The average molecular weight is 348 g/mol. The number of carbonyl (C=O) groups excluding carboxylic acids is 1. The molecule has 1 atom stereocenters. The number of hydrogen-bond donors (Lipinski definition) is 0. The van der Waals surface area contributed by atoms with Crippen molar-refractivity contribution in [1.82, 2.24) is 9.38 Å². The molecule has 0 radical (unpaired) electrons. The van der Waals surface area contributed by atoms with Gasteiger partial charge in [0.05, 0.1) is 11.4 Å². The van der Waals surface area contributed by atoms with Gasteiger partial charge in [-0.25, -0.2) is 4.98 Å². The van der Waals surface area contributed by atoms with Crippen LogP contribution in [0.15, 0.2) is 59.7 Å². The first-order valence-electron chi connectivity index (χ1n) is 8.64. The van der Waals surface area contributed by atoms with Gasteiger partial charge in [0.2, 0.25) is 0 Å². The number of rotatable bonds is 1. The largest absolute Gasteiger partial charge is 0.373 e. The van der Waals surface area contributed by atoms with E-state index in [0.29, 0.717) is 12.2 Å². The van der Waals surface area contributed by atoms with E-state index in [2.05, 4.69) is 16.8 Å². The van der Waals surface area contributed by atoms with Crippen molar-refractivity contribution in [2.45, 2.75) is 6.92 Å². The van der Waals surface area contributed by atoms with Crippen LogP contribution in [0.4, 0.5) is 11.4 Å². The number of benzene rings is 1. The van der Waals surface area contributed by atoms with Gasteiger partial charge in [-0.3, -0.25) is 14.0 Å². The Balaban J connectivity index is 1.84. The van der Waals surface area contributed by atoms with Crippen molar-refractivity contribution >= 4 is 22.9 Å². The molecule has 2 aromatic heterocycles. The Morgan fingerprint density at radius 2 is 1.81 bits per heavy atom. The molecule has 0 saturated heterocycles. The fraction of sp³-hybridized carbons (Fsp3) is 0.250. The Hall–Kier alpha value is -3.15. The molecule has 1 amide bonds. The van der Waals surface area contributed by atoms with E-state index in [1.165, 1.54) is 10.6 Å². The van der Waals surface area contributed by atoms with Crippen molar-refractivity contribution in [3.8, 4) is 0 Å². The molecule has 132 valence electrons. The summed E-state index contributed by atoms with van der Waals surface area (Å²) >= 11 is 0. The van der Waals surface area contributed by atoms with Crippen LogP contribution in [0.1, 0.15) is 17.3 Å². The van der Waals surface area contributed by atoms with Crippen LogP contribution < -0.4 is 15.4 Å². The van der Waals surface area contributed by atoms with Gasteiger partial charge in [0.25, 0.3) is 11.5 Å². The number of nitrogens with zero attached hydrogens (tertiary/aromatic N) is 4. The summed E-state index contributed by atoms with van der Waals surface area (Å²) in [6.07, 6.45) is 3.02. The molecule has 0 spiro atoms. The fourth-order valence-corrected chi connectivity index (χ4v) is 3.56. The molecule has 1 aliphatic heterocycles. The lowest BCUT2D eigenvalue weighted by atomic mass is 10.1. The zero-order valence-electron chi connectivity index (χ0n) is 14.8. The molecule has 4 rings (SSSR count). The summed E-state index contributed by atoms with van der Waals surface area (Å²) < 4.78 is 1.41. The predicted molar refractivity (Wildman–Crippen MR) is 102 cm³/mol. The molecule has 0 fully saturated rings. The minimum absolute atomic E-state index is 0.0836. The number of anilines is 2. The molecule has 6 nitrogen and oxygen atoms in total. The molecule has 1 aliphatic rings. The molecule has 3 aromatic rings. The van der Waals surface area contributed by atoms with Crippen LogP contribution in [0, 0.1) is 5.92 Å². The first-order chi connectivity index (χ1) is 12.6. The number of para-hydroxylation sites is 2. The molecular formula is C20H20N4O2. The van der Waals surface area contributed by atoms with Crippen molar-refractivity contribution in [1.29, 1.82) is 0 Å². The highest BCUT2D eigenvalue weighted by atomic mass is 16.2. The highest BCUT2D eigenvalue weighted by molar-refractivity contribution is 6.07. The Morgan fingerprint density at radius 1 is 1.08 bits per heavy atom. The van der Waals surface area contributed by atoms with Crippen molar-refractivity contribution < 1.29 is 4.79 Å².